The number of ether oxygens (including phenoxy) is 1. The molecule has 2 atom stereocenters. The average molecular weight is 234 g/mol. The van der Waals surface area contributed by atoms with Gasteiger partial charge in [-0.05, 0) is 19.1 Å². The van der Waals surface area contributed by atoms with Gasteiger partial charge < -0.3 is 10.5 Å². The Kier molecular flexibility index (Phi) is 3.39. The van der Waals surface area contributed by atoms with Crippen LogP contribution < -0.4 is 5.73 Å². The molecule has 0 amide bonds. The van der Waals surface area contributed by atoms with Gasteiger partial charge in [0.15, 0.2) is 0 Å². The molecule has 0 aliphatic heterocycles. The van der Waals surface area contributed by atoms with Gasteiger partial charge >= 0.3 is 5.97 Å². The molecule has 0 heterocycles. The largest absolute Gasteiger partial charge is 0.465 e. The lowest BCUT2D eigenvalue weighted by atomic mass is 9.87. The van der Waals surface area contributed by atoms with Crippen LogP contribution in [0, 0.1) is 5.92 Å². The van der Waals surface area contributed by atoms with Crippen molar-refractivity contribution in [2.45, 2.75) is 18.7 Å². The maximum Gasteiger partial charge on any atom is 0.302 e. The molecule has 0 saturated carbocycles. The van der Waals surface area contributed by atoms with Crippen molar-refractivity contribution in [2.24, 2.45) is 11.7 Å². The van der Waals surface area contributed by atoms with Gasteiger partial charge in [0.1, 0.15) is 12.4 Å². The van der Waals surface area contributed by atoms with Crippen molar-refractivity contribution in [3.8, 4) is 0 Å². The van der Waals surface area contributed by atoms with E-state index in [1.54, 1.807) is 13.0 Å². The second-order valence-electron chi connectivity index (χ2n) is 3.68. The Labute approximate surface area is 92.7 Å². The third-order valence-electron chi connectivity index (χ3n) is 2.22. The lowest BCUT2D eigenvalue weighted by Gasteiger charge is -2.30. The van der Waals surface area contributed by atoms with Crippen LogP contribution >= 0.6 is 11.6 Å². The standard InChI is InChI=1S/C10H13ClFNO2/c1-6(14)15-5-8-9(12)3-7(13)4-10(8,2)11/h3-4,8H,5,13H2,1-2H3. The molecule has 0 spiro atoms. The van der Waals surface area contributed by atoms with Crippen molar-refractivity contribution in [3.63, 3.8) is 0 Å². The van der Waals surface area contributed by atoms with E-state index in [1.165, 1.54) is 13.0 Å². The number of halogens is 2. The van der Waals surface area contributed by atoms with E-state index in [1.807, 2.05) is 0 Å². The number of carbonyl (C=O) groups is 1. The van der Waals surface area contributed by atoms with Crippen molar-refractivity contribution in [1.29, 1.82) is 0 Å². The minimum atomic E-state index is -0.960. The molecule has 1 aliphatic rings. The maximum atomic E-state index is 13.5. The monoisotopic (exact) mass is 233 g/mol. The predicted molar refractivity (Wildman–Crippen MR) is 55.8 cm³/mol. The van der Waals surface area contributed by atoms with E-state index in [4.69, 9.17) is 22.1 Å². The summed E-state index contributed by atoms with van der Waals surface area (Å²) in [4.78, 5) is 9.66. The van der Waals surface area contributed by atoms with Gasteiger partial charge in [0.25, 0.3) is 0 Å². The molecule has 1 rings (SSSR count). The summed E-state index contributed by atoms with van der Waals surface area (Å²) >= 11 is 6.08. The Morgan fingerprint density at radius 1 is 1.80 bits per heavy atom. The Hall–Kier alpha value is -1.03. The summed E-state index contributed by atoms with van der Waals surface area (Å²) in [6.07, 6.45) is 2.74. The predicted octanol–water partition coefficient (Wildman–Crippen LogP) is 1.87. The SMILES string of the molecule is CC(=O)OCC1C(F)=CC(N)=CC1(C)Cl. The van der Waals surface area contributed by atoms with E-state index in [0.717, 1.165) is 0 Å². The number of nitrogens with two attached hydrogens (primary N) is 1. The summed E-state index contributed by atoms with van der Waals surface area (Å²) in [6, 6.07) is 0. The molecule has 0 radical (unpaired) electrons. The summed E-state index contributed by atoms with van der Waals surface area (Å²) in [7, 11) is 0. The highest BCUT2D eigenvalue weighted by Gasteiger charge is 2.37. The van der Waals surface area contributed by atoms with Gasteiger partial charge in [-0.15, -0.1) is 11.6 Å². The quantitative estimate of drug-likeness (QED) is 0.585. The maximum absolute atomic E-state index is 13.5. The van der Waals surface area contributed by atoms with Crippen molar-refractivity contribution in [3.05, 3.63) is 23.7 Å². The van der Waals surface area contributed by atoms with Gasteiger partial charge in [-0.2, -0.15) is 0 Å². The minimum absolute atomic E-state index is 0.0819. The van der Waals surface area contributed by atoms with Gasteiger partial charge in [0.2, 0.25) is 0 Å². The first kappa shape index (κ1) is 12.0. The molecule has 84 valence electrons. The van der Waals surface area contributed by atoms with Crippen molar-refractivity contribution >= 4 is 17.6 Å². The molecule has 0 aromatic carbocycles. The topological polar surface area (TPSA) is 52.3 Å². The minimum Gasteiger partial charge on any atom is -0.465 e. The number of allylic oxidation sites excluding steroid dienone is 2. The summed E-state index contributed by atoms with van der Waals surface area (Å²) in [5.74, 6) is -1.61. The number of hydrogen-bond donors (Lipinski definition) is 1. The van der Waals surface area contributed by atoms with Gasteiger partial charge in [0.05, 0.1) is 10.8 Å². The van der Waals surface area contributed by atoms with Gasteiger partial charge in [-0.1, -0.05) is 0 Å². The number of alkyl halides is 1. The van der Waals surface area contributed by atoms with E-state index in [0.29, 0.717) is 0 Å². The number of esters is 1. The third kappa shape index (κ3) is 2.96. The van der Waals surface area contributed by atoms with Gasteiger partial charge in [0, 0.05) is 12.6 Å². The Morgan fingerprint density at radius 3 is 2.87 bits per heavy atom. The fourth-order valence-corrected chi connectivity index (χ4v) is 1.73. The van der Waals surface area contributed by atoms with Crippen LogP contribution in [-0.4, -0.2) is 17.5 Å². The summed E-state index contributed by atoms with van der Waals surface area (Å²) in [6.45, 7) is 2.81. The number of carbonyl (C=O) groups excluding carboxylic acids is 1. The van der Waals surface area contributed by atoms with E-state index in [9.17, 15) is 9.18 Å². The second kappa shape index (κ2) is 4.23. The first-order valence-corrected chi connectivity index (χ1v) is 4.88. The summed E-state index contributed by atoms with van der Waals surface area (Å²) in [5.41, 5.74) is 5.75. The Balaban J connectivity index is 2.80. The van der Waals surface area contributed by atoms with Crippen LogP contribution in [-0.2, 0) is 9.53 Å². The molecule has 0 fully saturated rings. The van der Waals surface area contributed by atoms with E-state index in [2.05, 4.69) is 0 Å². The second-order valence-corrected chi connectivity index (χ2v) is 4.49. The summed E-state index contributed by atoms with van der Waals surface area (Å²) in [5, 5.41) is 0. The normalized spacial score (nSPS) is 30.5. The van der Waals surface area contributed by atoms with Crippen LogP contribution in [0.2, 0.25) is 0 Å². The lowest BCUT2D eigenvalue weighted by molar-refractivity contribution is -0.142. The highest BCUT2D eigenvalue weighted by molar-refractivity contribution is 6.25. The highest BCUT2D eigenvalue weighted by Crippen LogP contribution is 2.37. The van der Waals surface area contributed by atoms with E-state index in [-0.39, 0.29) is 12.3 Å². The van der Waals surface area contributed by atoms with E-state index >= 15 is 0 Å². The highest BCUT2D eigenvalue weighted by atomic mass is 35.5. The number of hydrogen-bond acceptors (Lipinski definition) is 3. The van der Waals surface area contributed by atoms with Gasteiger partial charge in [-0.25, -0.2) is 4.39 Å². The van der Waals surface area contributed by atoms with Crippen LogP contribution in [0.3, 0.4) is 0 Å². The van der Waals surface area contributed by atoms with Crippen molar-refractivity contribution in [2.75, 3.05) is 6.61 Å². The molecule has 5 heteroatoms. The zero-order valence-electron chi connectivity index (χ0n) is 8.59. The molecule has 0 saturated heterocycles. The molecule has 15 heavy (non-hydrogen) atoms. The molecular weight excluding hydrogens is 221 g/mol. The molecule has 0 aromatic heterocycles. The van der Waals surface area contributed by atoms with Crippen LogP contribution in [0.25, 0.3) is 0 Å². The van der Waals surface area contributed by atoms with Crippen LogP contribution in [0.4, 0.5) is 4.39 Å². The first-order valence-electron chi connectivity index (χ1n) is 4.50. The molecule has 2 unspecified atom stereocenters. The fourth-order valence-electron chi connectivity index (χ4n) is 1.44. The van der Waals surface area contributed by atoms with Crippen molar-refractivity contribution in [1.82, 2.24) is 0 Å². The number of rotatable bonds is 2. The van der Waals surface area contributed by atoms with Crippen molar-refractivity contribution < 1.29 is 13.9 Å². The molecule has 0 aromatic rings. The smallest absolute Gasteiger partial charge is 0.302 e. The molecule has 0 bridgehead atoms. The lowest BCUT2D eigenvalue weighted by Crippen LogP contribution is -2.34. The zero-order valence-corrected chi connectivity index (χ0v) is 9.34. The molecular formula is C10H13ClFNO2. The van der Waals surface area contributed by atoms with Gasteiger partial charge in [-0.3, -0.25) is 4.79 Å². The third-order valence-corrected chi connectivity index (χ3v) is 2.59. The molecule has 1 aliphatic carbocycles. The van der Waals surface area contributed by atoms with Crippen LogP contribution in [0.15, 0.2) is 23.7 Å². The average Bonchev–Trinajstić information content (AvgIpc) is 1.98. The van der Waals surface area contributed by atoms with Crippen LogP contribution in [0.1, 0.15) is 13.8 Å². The Bertz CT molecular complexity index is 336. The zero-order chi connectivity index (χ0) is 11.6. The first-order chi connectivity index (χ1) is 6.83. The Morgan fingerprint density at radius 2 is 2.40 bits per heavy atom. The summed E-state index contributed by atoms with van der Waals surface area (Å²) < 4.78 is 18.3. The fraction of sp³-hybridized carbons (Fsp3) is 0.500. The molecule has 3 nitrogen and oxygen atoms in total. The van der Waals surface area contributed by atoms with E-state index < -0.39 is 22.6 Å². The molecule has 2 N–H and O–H groups in total. The van der Waals surface area contributed by atoms with Crippen LogP contribution in [0.5, 0.6) is 0 Å².